The first-order valence-electron chi connectivity index (χ1n) is 10.8. The number of fused-ring (bicyclic) bond motifs is 1. The Bertz CT molecular complexity index is 1250. The van der Waals surface area contributed by atoms with Crippen LogP contribution in [0.15, 0.2) is 52.9 Å². The molecule has 1 aliphatic carbocycles. The number of carbonyl (C=O) groups excluding carboxylic acids is 3. The largest absolute Gasteiger partial charge is 0.467 e. The molecule has 3 rings (SSSR count). The maximum Gasteiger partial charge on any atom is 0.329 e. The number of methoxy groups -OCH3 is 1. The van der Waals surface area contributed by atoms with Gasteiger partial charge in [-0.2, -0.15) is 0 Å². The van der Waals surface area contributed by atoms with Gasteiger partial charge in [-0.3, -0.25) is 13.8 Å². The Morgan fingerprint density at radius 1 is 1.14 bits per heavy atom. The number of ether oxygens (including phenoxy) is 1. The number of thioether (sulfide) groups is 1. The second-order valence-electron chi connectivity index (χ2n) is 8.01. The summed E-state index contributed by atoms with van der Waals surface area (Å²) in [5.74, 6) is -1.41. The number of halogens is 1. The van der Waals surface area contributed by atoms with Crippen molar-refractivity contribution in [3.63, 3.8) is 0 Å². The molecule has 0 radical (unpaired) electrons. The predicted molar refractivity (Wildman–Crippen MR) is 137 cm³/mol. The molecule has 0 saturated heterocycles. The van der Waals surface area contributed by atoms with Crippen molar-refractivity contribution >= 4 is 56.8 Å². The number of hydrogen-bond donors (Lipinski definition) is 1. The van der Waals surface area contributed by atoms with Crippen molar-refractivity contribution in [2.24, 2.45) is 0 Å². The van der Waals surface area contributed by atoms with Crippen molar-refractivity contribution in [2.45, 2.75) is 31.2 Å². The number of amides is 1. The zero-order valence-electron chi connectivity index (χ0n) is 19.8. The van der Waals surface area contributed by atoms with E-state index in [1.54, 1.807) is 24.5 Å². The van der Waals surface area contributed by atoms with Crippen LogP contribution in [-0.4, -0.2) is 46.4 Å². The Kier molecular flexibility index (Phi) is 8.80. The third kappa shape index (κ3) is 6.55. The first kappa shape index (κ1) is 26.6. The van der Waals surface area contributed by atoms with E-state index in [1.807, 2.05) is 25.1 Å². The molecular formula is C26H26FNO5S2. The van der Waals surface area contributed by atoms with E-state index in [1.165, 1.54) is 26.2 Å². The van der Waals surface area contributed by atoms with Crippen LogP contribution in [0.4, 0.5) is 4.39 Å². The molecule has 2 unspecified atom stereocenters. The van der Waals surface area contributed by atoms with E-state index >= 15 is 0 Å². The van der Waals surface area contributed by atoms with Crippen LogP contribution >= 0.6 is 11.8 Å². The van der Waals surface area contributed by atoms with Gasteiger partial charge >= 0.3 is 5.97 Å². The van der Waals surface area contributed by atoms with Crippen LogP contribution in [0.25, 0.3) is 17.2 Å². The first-order chi connectivity index (χ1) is 16.6. The number of esters is 1. The van der Waals surface area contributed by atoms with Crippen molar-refractivity contribution in [3.8, 4) is 0 Å². The standard InChI is InChI=1S/C26H26FNO5S2/c1-15-21(11-17-5-8-19(9-6-17)35(4)32)20-10-7-18(27)12-23(20)22(15)13-25(30)34-14-24(26(31)33-3)28-16(2)29/h5-12,24H,13-14H2,1-4H3,(H,28,29)/b21-11-. The summed E-state index contributed by atoms with van der Waals surface area (Å²) in [5.41, 5.74) is 4.81. The Morgan fingerprint density at radius 2 is 1.83 bits per heavy atom. The van der Waals surface area contributed by atoms with Gasteiger partial charge in [0.1, 0.15) is 11.9 Å². The van der Waals surface area contributed by atoms with Gasteiger partial charge in [0.15, 0.2) is 5.12 Å². The maximum atomic E-state index is 14.1. The summed E-state index contributed by atoms with van der Waals surface area (Å²) in [6.45, 7) is 3.17. The van der Waals surface area contributed by atoms with E-state index < -0.39 is 34.5 Å². The van der Waals surface area contributed by atoms with Gasteiger partial charge in [-0.05, 0) is 70.7 Å². The van der Waals surface area contributed by atoms with E-state index in [4.69, 9.17) is 4.74 Å². The fourth-order valence-corrected chi connectivity index (χ4v) is 5.17. The lowest BCUT2D eigenvalue weighted by Gasteiger charge is -2.14. The molecule has 2 atom stereocenters. The SMILES string of the molecule is COC(=O)C(CSC(=O)CC1=C(C)/C(=C/c2ccc(S(C)=O)cc2)c2ccc(F)cc21)NC(C)=O. The lowest BCUT2D eigenvalue weighted by atomic mass is 10.0. The van der Waals surface area contributed by atoms with Crippen molar-refractivity contribution in [2.75, 3.05) is 19.1 Å². The van der Waals surface area contributed by atoms with Crippen molar-refractivity contribution in [1.82, 2.24) is 5.32 Å². The van der Waals surface area contributed by atoms with E-state index in [0.717, 1.165) is 38.9 Å². The van der Waals surface area contributed by atoms with Gasteiger partial charge in [-0.15, -0.1) is 0 Å². The quantitative estimate of drug-likeness (QED) is 0.530. The van der Waals surface area contributed by atoms with Gasteiger partial charge in [-0.1, -0.05) is 30.0 Å². The molecule has 0 aliphatic heterocycles. The smallest absolute Gasteiger partial charge is 0.329 e. The second-order valence-corrected chi connectivity index (χ2v) is 10.5. The molecule has 0 heterocycles. The second kappa shape index (κ2) is 11.6. The number of allylic oxidation sites excluding steroid dienone is 3. The van der Waals surface area contributed by atoms with Crippen LogP contribution in [0.2, 0.25) is 0 Å². The van der Waals surface area contributed by atoms with Crippen molar-refractivity contribution in [1.29, 1.82) is 0 Å². The van der Waals surface area contributed by atoms with E-state index in [2.05, 4.69) is 5.32 Å². The molecule has 1 aliphatic rings. The minimum absolute atomic E-state index is 0.0290. The molecule has 2 aromatic carbocycles. The monoisotopic (exact) mass is 515 g/mol. The topological polar surface area (TPSA) is 89.5 Å². The molecule has 9 heteroatoms. The lowest BCUT2D eigenvalue weighted by Crippen LogP contribution is -2.42. The highest BCUT2D eigenvalue weighted by molar-refractivity contribution is 8.13. The summed E-state index contributed by atoms with van der Waals surface area (Å²) in [6, 6.07) is 10.9. The number of rotatable bonds is 8. The van der Waals surface area contributed by atoms with Gasteiger partial charge < -0.3 is 10.1 Å². The molecular weight excluding hydrogens is 489 g/mol. The summed E-state index contributed by atoms with van der Waals surface area (Å²) in [7, 11) is 0.137. The highest BCUT2D eigenvalue weighted by Crippen LogP contribution is 2.44. The maximum absolute atomic E-state index is 14.1. The van der Waals surface area contributed by atoms with Crippen molar-refractivity contribution < 1.29 is 27.7 Å². The molecule has 2 aromatic rings. The average molecular weight is 516 g/mol. The minimum atomic E-state index is -1.08. The highest BCUT2D eigenvalue weighted by Gasteiger charge is 2.27. The van der Waals surface area contributed by atoms with E-state index in [-0.39, 0.29) is 17.3 Å². The number of benzene rings is 2. The van der Waals surface area contributed by atoms with Crippen LogP contribution in [-0.2, 0) is 29.9 Å². The number of carbonyl (C=O) groups is 3. The number of hydrogen-bond acceptors (Lipinski definition) is 6. The van der Waals surface area contributed by atoms with E-state index in [0.29, 0.717) is 11.1 Å². The Balaban J connectivity index is 1.86. The van der Waals surface area contributed by atoms with Gasteiger partial charge in [0.05, 0.1) is 7.11 Å². The van der Waals surface area contributed by atoms with Crippen LogP contribution < -0.4 is 5.32 Å². The van der Waals surface area contributed by atoms with Crippen molar-refractivity contribution in [3.05, 3.63) is 70.5 Å². The molecule has 6 nitrogen and oxygen atoms in total. The molecule has 0 spiro atoms. The van der Waals surface area contributed by atoms with Crippen LogP contribution in [0, 0.1) is 5.82 Å². The molecule has 0 aromatic heterocycles. The minimum Gasteiger partial charge on any atom is -0.467 e. The summed E-state index contributed by atoms with van der Waals surface area (Å²) in [4.78, 5) is 36.8. The van der Waals surface area contributed by atoms with Gasteiger partial charge in [0.25, 0.3) is 0 Å². The molecule has 0 bridgehead atoms. The Hall–Kier alpha value is -3.04. The molecule has 35 heavy (non-hydrogen) atoms. The fourth-order valence-electron chi connectivity index (χ4n) is 3.83. The number of nitrogens with one attached hydrogen (secondary N) is 1. The first-order valence-corrected chi connectivity index (χ1v) is 13.3. The predicted octanol–water partition coefficient (Wildman–Crippen LogP) is 4.22. The van der Waals surface area contributed by atoms with Crippen LogP contribution in [0.5, 0.6) is 0 Å². The zero-order chi connectivity index (χ0) is 25.7. The zero-order valence-corrected chi connectivity index (χ0v) is 21.5. The van der Waals surface area contributed by atoms with E-state index in [9.17, 15) is 23.0 Å². The van der Waals surface area contributed by atoms with Gasteiger partial charge in [0, 0.05) is 41.0 Å². The molecule has 1 N–H and O–H groups in total. The average Bonchev–Trinajstić information content (AvgIpc) is 3.06. The fraction of sp³-hybridized carbons (Fsp3) is 0.269. The van der Waals surface area contributed by atoms with Gasteiger partial charge in [-0.25, -0.2) is 9.18 Å². The van der Waals surface area contributed by atoms with Gasteiger partial charge in [0.2, 0.25) is 5.91 Å². The van der Waals surface area contributed by atoms with Crippen LogP contribution in [0.3, 0.4) is 0 Å². The Labute approximate surface area is 210 Å². The summed E-state index contributed by atoms with van der Waals surface area (Å²) < 4.78 is 30.5. The molecule has 0 fully saturated rings. The summed E-state index contributed by atoms with van der Waals surface area (Å²) in [6.07, 6.45) is 3.61. The third-order valence-electron chi connectivity index (χ3n) is 5.57. The summed E-state index contributed by atoms with van der Waals surface area (Å²) >= 11 is 0.917. The summed E-state index contributed by atoms with van der Waals surface area (Å²) in [5, 5.41) is 2.26. The third-order valence-corrected chi connectivity index (χ3v) is 7.47. The molecule has 184 valence electrons. The normalized spacial score (nSPS) is 15.5. The Morgan fingerprint density at radius 3 is 2.43 bits per heavy atom. The van der Waals surface area contributed by atoms with Crippen LogP contribution in [0.1, 0.15) is 37.0 Å². The molecule has 1 amide bonds. The molecule has 0 saturated carbocycles. The lowest BCUT2D eigenvalue weighted by molar-refractivity contribution is -0.144. The highest BCUT2D eigenvalue weighted by atomic mass is 32.2.